The van der Waals surface area contributed by atoms with Gasteiger partial charge in [-0.15, -0.1) is 0 Å². The Bertz CT molecular complexity index is 443. The highest BCUT2D eigenvalue weighted by Gasteiger charge is 2.14. The number of ether oxygens (including phenoxy) is 2. The fourth-order valence-electron chi connectivity index (χ4n) is 1.52. The van der Waals surface area contributed by atoms with E-state index in [1.54, 1.807) is 6.92 Å². The molecule has 0 aliphatic carbocycles. The molecule has 0 N–H and O–H groups in total. The van der Waals surface area contributed by atoms with Crippen LogP contribution < -0.4 is 0 Å². The van der Waals surface area contributed by atoms with E-state index >= 15 is 0 Å². The molecule has 0 radical (unpaired) electrons. The lowest BCUT2D eigenvalue weighted by Gasteiger charge is -2.08. The molecule has 0 spiro atoms. The highest BCUT2D eigenvalue weighted by Crippen LogP contribution is 2.15. The SMILES string of the molecule is CCOC(=O)c1ccc(F)cc1CCC(=O)OC. The lowest BCUT2D eigenvalue weighted by Crippen LogP contribution is -2.10. The van der Waals surface area contributed by atoms with Crippen LogP contribution in [0.3, 0.4) is 0 Å². The van der Waals surface area contributed by atoms with Crippen molar-refractivity contribution in [2.75, 3.05) is 13.7 Å². The smallest absolute Gasteiger partial charge is 0.338 e. The summed E-state index contributed by atoms with van der Waals surface area (Å²) in [5.41, 5.74) is 0.723. The van der Waals surface area contributed by atoms with Gasteiger partial charge in [0, 0.05) is 6.42 Å². The summed E-state index contributed by atoms with van der Waals surface area (Å²) in [7, 11) is 1.28. The molecule has 0 saturated carbocycles. The van der Waals surface area contributed by atoms with Crippen LogP contribution in [0.4, 0.5) is 4.39 Å². The summed E-state index contributed by atoms with van der Waals surface area (Å²) in [4.78, 5) is 22.7. The molecule has 0 amide bonds. The molecule has 1 rings (SSSR count). The average Bonchev–Trinajstić information content (AvgIpc) is 2.36. The highest BCUT2D eigenvalue weighted by molar-refractivity contribution is 5.91. The molecule has 18 heavy (non-hydrogen) atoms. The van der Waals surface area contributed by atoms with Crippen molar-refractivity contribution in [3.63, 3.8) is 0 Å². The van der Waals surface area contributed by atoms with Gasteiger partial charge in [-0.3, -0.25) is 4.79 Å². The number of esters is 2. The fourth-order valence-corrected chi connectivity index (χ4v) is 1.52. The number of carbonyl (C=O) groups is 2. The molecule has 0 unspecified atom stereocenters. The van der Waals surface area contributed by atoms with Crippen molar-refractivity contribution in [3.05, 3.63) is 35.1 Å². The van der Waals surface area contributed by atoms with Crippen molar-refractivity contribution < 1.29 is 23.5 Å². The Labute approximate surface area is 105 Å². The third-order valence-electron chi connectivity index (χ3n) is 2.39. The Kier molecular flexibility index (Phi) is 5.30. The number of aryl methyl sites for hydroxylation is 1. The number of hydrogen-bond acceptors (Lipinski definition) is 4. The van der Waals surface area contributed by atoms with Gasteiger partial charge in [0.1, 0.15) is 5.82 Å². The van der Waals surface area contributed by atoms with E-state index in [0.29, 0.717) is 5.56 Å². The predicted molar refractivity (Wildman–Crippen MR) is 62.7 cm³/mol. The molecule has 0 atom stereocenters. The summed E-state index contributed by atoms with van der Waals surface area (Å²) in [6.07, 6.45) is 0.324. The standard InChI is InChI=1S/C13H15FO4/c1-3-18-13(16)11-6-5-10(14)8-9(11)4-7-12(15)17-2/h5-6,8H,3-4,7H2,1-2H3. The molecule has 0 fully saturated rings. The van der Waals surface area contributed by atoms with Crippen LogP contribution in [0.25, 0.3) is 0 Å². The van der Waals surface area contributed by atoms with Gasteiger partial charge in [0.2, 0.25) is 0 Å². The molecule has 4 nitrogen and oxygen atoms in total. The van der Waals surface area contributed by atoms with E-state index in [4.69, 9.17) is 4.74 Å². The van der Waals surface area contributed by atoms with E-state index < -0.39 is 17.8 Å². The number of carbonyl (C=O) groups excluding carboxylic acids is 2. The molecule has 0 aliphatic rings. The van der Waals surface area contributed by atoms with Crippen LogP contribution in [-0.2, 0) is 20.7 Å². The van der Waals surface area contributed by atoms with Gasteiger partial charge in [0.15, 0.2) is 0 Å². The van der Waals surface area contributed by atoms with E-state index in [1.165, 1.54) is 25.3 Å². The lowest BCUT2D eigenvalue weighted by molar-refractivity contribution is -0.140. The van der Waals surface area contributed by atoms with Crippen molar-refractivity contribution in [1.29, 1.82) is 0 Å². The maximum atomic E-state index is 13.1. The van der Waals surface area contributed by atoms with E-state index in [-0.39, 0.29) is 25.0 Å². The molecule has 0 aliphatic heterocycles. The largest absolute Gasteiger partial charge is 0.469 e. The molecule has 0 saturated heterocycles. The minimum absolute atomic E-state index is 0.0896. The average molecular weight is 254 g/mol. The zero-order valence-corrected chi connectivity index (χ0v) is 10.4. The predicted octanol–water partition coefficient (Wildman–Crippen LogP) is 2.11. The number of benzene rings is 1. The van der Waals surface area contributed by atoms with Crippen molar-refractivity contribution in [2.45, 2.75) is 19.8 Å². The fraction of sp³-hybridized carbons (Fsp3) is 0.385. The van der Waals surface area contributed by atoms with Crippen LogP contribution in [0.1, 0.15) is 29.3 Å². The molecule has 0 heterocycles. The van der Waals surface area contributed by atoms with Crippen molar-refractivity contribution in [2.24, 2.45) is 0 Å². The Morgan fingerprint density at radius 2 is 2.06 bits per heavy atom. The number of hydrogen-bond donors (Lipinski definition) is 0. The second-order valence-electron chi connectivity index (χ2n) is 3.60. The lowest BCUT2D eigenvalue weighted by atomic mass is 10.0. The first-order valence-corrected chi connectivity index (χ1v) is 5.60. The summed E-state index contributed by atoms with van der Waals surface area (Å²) in [6.45, 7) is 1.93. The first-order chi connectivity index (χ1) is 8.58. The minimum atomic E-state index is -0.516. The van der Waals surface area contributed by atoms with E-state index in [0.717, 1.165) is 0 Å². The zero-order chi connectivity index (χ0) is 13.5. The van der Waals surface area contributed by atoms with Gasteiger partial charge in [0.05, 0.1) is 19.3 Å². The third kappa shape index (κ3) is 3.84. The van der Waals surface area contributed by atoms with Crippen molar-refractivity contribution in [1.82, 2.24) is 0 Å². The minimum Gasteiger partial charge on any atom is -0.469 e. The van der Waals surface area contributed by atoms with Crippen LogP contribution in [0.15, 0.2) is 18.2 Å². The number of rotatable bonds is 5. The summed E-state index contributed by atoms with van der Waals surface area (Å²) in [5.74, 6) is -1.38. The first-order valence-electron chi connectivity index (χ1n) is 5.60. The second-order valence-corrected chi connectivity index (χ2v) is 3.60. The van der Waals surface area contributed by atoms with E-state index in [1.807, 2.05) is 0 Å². The van der Waals surface area contributed by atoms with Crippen LogP contribution in [0.2, 0.25) is 0 Å². The quantitative estimate of drug-likeness (QED) is 0.755. The van der Waals surface area contributed by atoms with Crippen LogP contribution in [0, 0.1) is 5.82 Å². The number of methoxy groups -OCH3 is 1. The van der Waals surface area contributed by atoms with Gasteiger partial charge in [-0.2, -0.15) is 0 Å². The molecule has 0 aromatic heterocycles. The monoisotopic (exact) mass is 254 g/mol. The van der Waals surface area contributed by atoms with Crippen molar-refractivity contribution in [3.8, 4) is 0 Å². The highest BCUT2D eigenvalue weighted by atomic mass is 19.1. The summed E-state index contributed by atoms with van der Waals surface area (Å²) in [6, 6.07) is 3.78. The Morgan fingerprint density at radius 1 is 1.33 bits per heavy atom. The van der Waals surface area contributed by atoms with Gasteiger partial charge in [0.25, 0.3) is 0 Å². The number of halogens is 1. The molecule has 0 bridgehead atoms. The summed E-state index contributed by atoms with van der Waals surface area (Å²) < 4.78 is 22.5. The molecule has 1 aromatic rings. The first kappa shape index (κ1) is 14.2. The molecular formula is C13H15FO4. The van der Waals surface area contributed by atoms with Crippen LogP contribution >= 0.6 is 0 Å². The van der Waals surface area contributed by atoms with Crippen molar-refractivity contribution >= 4 is 11.9 Å². The molecule has 98 valence electrons. The Balaban J connectivity index is 2.89. The van der Waals surface area contributed by atoms with Gasteiger partial charge in [-0.05, 0) is 37.1 Å². The van der Waals surface area contributed by atoms with Gasteiger partial charge >= 0.3 is 11.9 Å². The summed E-state index contributed by atoms with van der Waals surface area (Å²) in [5, 5.41) is 0. The van der Waals surface area contributed by atoms with Gasteiger partial charge < -0.3 is 9.47 Å². The maximum absolute atomic E-state index is 13.1. The normalized spacial score (nSPS) is 9.94. The van der Waals surface area contributed by atoms with Crippen LogP contribution in [-0.4, -0.2) is 25.7 Å². The summed E-state index contributed by atoms with van der Waals surface area (Å²) >= 11 is 0. The maximum Gasteiger partial charge on any atom is 0.338 e. The Morgan fingerprint density at radius 3 is 2.67 bits per heavy atom. The van der Waals surface area contributed by atoms with E-state index in [9.17, 15) is 14.0 Å². The molecule has 5 heteroatoms. The van der Waals surface area contributed by atoms with E-state index in [2.05, 4.69) is 4.74 Å². The van der Waals surface area contributed by atoms with Gasteiger partial charge in [-0.25, -0.2) is 9.18 Å². The molecule has 1 aromatic carbocycles. The van der Waals surface area contributed by atoms with Gasteiger partial charge in [-0.1, -0.05) is 0 Å². The topological polar surface area (TPSA) is 52.6 Å². The second kappa shape index (κ2) is 6.74. The van der Waals surface area contributed by atoms with Crippen LogP contribution in [0.5, 0.6) is 0 Å². The Hall–Kier alpha value is -1.91. The zero-order valence-electron chi connectivity index (χ0n) is 10.4. The third-order valence-corrected chi connectivity index (χ3v) is 2.39. The molecular weight excluding hydrogens is 239 g/mol.